The lowest BCUT2D eigenvalue weighted by molar-refractivity contribution is 1.18. The zero-order valence-electron chi connectivity index (χ0n) is 24.4. The highest BCUT2D eigenvalue weighted by atomic mass is 15.0. The minimum atomic E-state index is 0.873. The van der Waals surface area contributed by atoms with Gasteiger partial charge in [0.05, 0.1) is 33.5 Å². The van der Waals surface area contributed by atoms with Crippen LogP contribution in [0.15, 0.2) is 164 Å². The van der Waals surface area contributed by atoms with Crippen molar-refractivity contribution in [2.24, 2.45) is 0 Å². The molecule has 210 valence electrons. The fourth-order valence-corrected chi connectivity index (χ4v) is 6.76. The summed E-state index contributed by atoms with van der Waals surface area (Å²) in [6.07, 6.45) is 0. The van der Waals surface area contributed by atoms with Gasteiger partial charge in [-0.25, -0.2) is 9.97 Å². The highest BCUT2D eigenvalue weighted by Crippen LogP contribution is 2.42. The van der Waals surface area contributed by atoms with Gasteiger partial charge in [-0.15, -0.1) is 0 Å². The van der Waals surface area contributed by atoms with Gasteiger partial charge in [-0.05, 0) is 58.3 Å². The lowest BCUT2D eigenvalue weighted by Gasteiger charge is -2.14. The van der Waals surface area contributed by atoms with Gasteiger partial charge in [0.25, 0.3) is 0 Å². The Kier molecular flexibility index (Phi) is 5.82. The van der Waals surface area contributed by atoms with Gasteiger partial charge in [0, 0.05) is 27.6 Å². The quantitative estimate of drug-likeness (QED) is 0.210. The molecule has 9 rings (SSSR count). The third-order valence-corrected chi connectivity index (χ3v) is 8.76. The van der Waals surface area contributed by atoms with Crippen LogP contribution in [0.1, 0.15) is 0 Å². The fraction of sp³-hybridized carbons (Fsp3) is 0. The summed E-state index contributed by atoms with van der Waals surface area (Å²) in [5.74, 6) is 0. The maximum atomic E-state index is 5.19. The number of benzene rings is 7. The van der Waals surface area contributed by atoms with E-state index < -0.39 is 0 Å². The maximum Gasteiger partial charge on any atom is 0.0973 e. The van der Waals surface area contributed by atoms with Crippen LogP contribution in [0.4, 0.5) is 0 Å². The first-order valence-electron chi connectivity index (χ1n) is 15.3. The van der Waals surface area contributed by atoms with Crippen molar-refractivity contribution in [2.45, 2.75) is 0 Å². The van der Waals surface area contributed by atoms with Crippen molar-refractivity contribution in [3.63, 3.8) is 0 Å². The highest BCUT2D eigenvalue weighted by Gasteiger charge is 2.19. The number of fused-ring (bicyclic) bond motifs is 6. The second-order valence-electron chi connectivity index (χ2n) is 11.4. The van der Waals surface area contributed by atoms with Crippen LogP contribution in [0.5, 0.6) is 0 Å². The third-order valence-electron chi connectivity index (χ3n) is 8.76. The molecule has 2 heterocycles. The predicted molar refractivity (Wildman–Crippen MR) is 188 cm³/mol. The van der Waals surface area contributed by atoms with Crippen molar-refractivity contribution in [3.8, 4) is 39.3 Å². The van der Waals surface area contributed by atoms with Crippen molar-refractivity contribution in [2.75, 3.05) is 0 Å². The summed E-state index contributed by atoms with van der Waals surface area (Å²) >= 11 is 0. The lowest BCUT2D eigenvalue weighted by atomic mass is 9.95. The van der Waals surface area contributed by atoms with E-state index in [1.807, 2.05) is 30.3 Å². The second-order valence-corrected chi connectivity index (χ2v) is 11.4. The van der Waals surface area contributed by atoms with E-state index >= 15 is 0 Å². The van der Waals surface area contributed by atoms with E-state index in [9.17, 15) is 0 Å². The van der Waals surface area contributed by atoms with Crippen molar-refractivity contribution in [1.82, 2.24) is 14.5 Å². The van der Waals surface area contributed by atoms with Crippen LogP contribution in [-0.2, 0) is 0 Å². The standard InChI is InChI=1S/C42H27N3/c1-3-14-28(15-4-1)35-27-39-40(33-21-8-7-20-32(33)35)34-22-9-12-25-38(34)45(39)31-19-13-18-30(26-31)42-41(29-16-5-2-6-17-29)43-36-23-10-11-24-37(36)44-42/h1-27H. The molecule has 3 nitrogen and oxygen atoms in total. The van der Waals surface area contributed by atoms with Gasteiger partial charge in [-0.3, -0.25) is 0 Å². The van der Waals surface area contributed by atoms with Gasteiger partial charge < -0.3 is 4.57 Å². The van der Waals surface area contributed by atoms with Crippen LogP contribution in [0.3, 0.4) is 0 Å². The molecular formula is C42H27N3. The molecule has 0 saturated carbocycles. The van der Waals surface area contributed by atoms with Gasteiger partial charge in [-0.2, -0.15) is 0 Å². The number of rotatable bonds is 4. The molecule has 0 fully saturated rings. The normalized spacial score (nSPS) is 11.6. The Hall–Kier alpha value is -6.06. The van der Waals surface area contributed by atoms with Crippen LogP contribution in [0, 0.1) is 0 Å². The lowest BCUT2D eigenvalue weighted by Crippen LogP contribution is -1.98. The topological polar surface area (TPSA) is 30.7 Å². The molecule has 3 heteroatoms. The first-order valence-corrected chi connectivity index (χ1v) is 15.3. The molecule has 9 aromatic rings. The van der Waals surface area contributed by atoms with Crippen molar-refractivity contribution < 1.29 is 0 Å². The smallest absolute Gasteiger partial charge is 0.0973 e. The number of nitrogens with zero attached hydrogens (tertiary/aromatic N) is 3. The van der Waals surface area contributed by atoms with Crippen molar-refractivity contribution in [1.29, 1.82) is 0 Å². The van der Waals surface area contributed by atoms with Crippen LogP contribution in [0.25, 0.3) is 82.9 Å². The van der Waals surface area contributed by atoms with Gasteiger partial charge >= 0.3 is 0 Å². The minimum Gasteiger partial charge on any atom is -0.309 e. The molecule has 0 unspecified atom stereocenters. The molecule has 45 heavy (non-hydrogen) atoms. The monoisotopic (exact) mass is 573 g/mol. The van der Waals surface area contributed by atoms with E-state index in [-0.39, 0.29) is 0 Å². The van der Waals surface area contributed by atoms with Crippen molar-refractivity contribution >= 4 is 43.6 Å². The number of aromatic nitrogens is 3. The first-order chi connectivity index (χ1) is 22.3. The summed E-state index contributed by atoms with van der Waals surface area (Å²) in [7, 11) is 0. The molecule has 0 aliphatic carbocycles. The minimum absolute atomic E-state index is 0.873. The van der Waals surface area contributed by atoms with Crippen LogP contribution >= 0.6 is 0 Å². The van der Waals surface area contributed by atoms with E-state index in [0.29, 0.717) is 0 Å². The van der Waals surface area contributed by atoms with Crippen LogP contribution in [0.2, 0.25) is 0 Å². The zero-order chi connectivity index (χ0) is 29.7. The Balaban J connectivity index is 1.34. The van der Waals surface area contributed by atoms with E-state index in [2.05, 4.69) is 138 Å². The van der Waals surface area contributed by atoms with E-state index in [4.69, 9.17) is 9.97 Å². The van der Waals surface area contributed by atoms with Gasteiger partial charge in [0.2, 0.25) is 0 Å². The average Bonchev–Trinajstić information content (AvgIpc) is 3.46. The molecule has 0 bridgehead atoms. The summed E-state index contributed by atoms with van der Waals surface area (Å²) in [6.45, 7) is 0. The molecule has 0 amide bonds. The van der Waals surface area contributed by atoms with Crippen LogP contribution < -0.4 is 0 Å². The van der Waals surface area contributed by atoms with E-state index in [0.717, 1.165) is 39.2 Å². The molecule has 0 saturated heterocycles. The van der Waals surface area contributed by atoms with E-state index in [1.54, 1.807) is 0 Å². The van der Waals surface area contributed by atoms with Gasteiger partial charge in [0.15, 0.2) is 0 Å². The molecular weight excluding hydrogens is 546 g/mol. The molecule has 0 atom stereocenters. The molecule has 7 aromatic carbocycles. The SMILES string of the molecule is c1ccc(-c2nc3ccccc3nc2-c2cccc(-n3c4ccccc4c4c5ccccc5c(-c5ccccc5)cc43)c2)cc1. The molecule has 0 spiro atoms. The Morgan fingerprint density at radius 2 is 0.933 bits per heavy atom. The van der Waals surface area contributed by atoms with Gasteiger partial charge in [-0.1, -0.05) is 127 Å². The zero-order valence-corrected chi connectivity index (χ0v) is 24.4. The summed E-state index contributed by atoms with van der Waals surface area (Å²) in [5.41, 5.74) is 11.5. The van der Waals surface area contributed by atoms with Crippen molar-refractivity contribution in [3.05, 3.63) is 164 Å². The average molecular weight is 574 g/mol. The Morgan fingerprint density at radius 1 is 0.378 bits per heavy atom. The molecule has 0 N–H and O–H groups in total. The summed E-state index contributed by atoms with van der Waals surface area (Å²) in [6, 6.07) is 57.8. The third kappa shape index (κ3) is 4.13. The first kappa shape index (κ1) is 25.4. The Labute approximate surface area is 260 Å². The largest absolute Gasteiger partial charge is 0.309 e. The molecule has 0 aliphatic heterocycles. The Morgan fingerprint density at radius 3 is 1.67 bits per heavy atom. The maximum absolute atomic E-state index is 5.19. The summed E-state index contributed by atoms with van der Waals surface area (Å²) in [5, 5.41) is 5.02. The number of para-hydroxylation sites is 3. The molecule has 0 aliphatic rings. The van der Waals surface area contributed by atoms with Gasteiger partial charge in [0.1, 0.15) is 0 Å². The summed E-state index contributed by atoms with van der Waals surface area (Å²) < 4.78 is 2.41. The fourth-order valence-electron chi connectivity index (χ4n) is 6.76. The molecule has 2 aromatic heterocycles. The number of hydrogen-bond donors (Lipinski definition) is 0. The number of hydrogen-bond acceptors (Lipinski definition) is 2. The Bertz CT molecular complexity index is 2530. The molecule has 0 radical (unpaired) electrons. The van der Waals surface area contributed by atoms with E-state index in [1.165, 1.54) is 43.7 Å². The summed E-state index contributed by atoms with van der Waals surface area (Å²) in [4.78, 5) is 10.3. The predicted octanol–water partition coefficient (Wildman–Crippen LogP) is 10.9. The van der Waals surface area contributed by atoms with Crippen LogP contribution in [-0.4, -0.2) is 14.5 Å². The highest BCUT2D eigenvalue weighted by molar-refractivity contribution is 6.24. The second kappa shape index (κ2) is 10.3.